The van der Waals surface area contributed by atoms with E-state index in [9.17, 15) is 9.90 Å². The highest BCUT2D eigenvalue weighted by Gasteiger charge is 2.37. The number of phenolic OH excluding ortho intramolecular Hbond substituents is 1. The molecule has 3 aromatic carbocycles. The molecule has 5 rings (SSSR count). The molecule has 0 aliphatic carbocycles. The number of aliphatic imine (C=N–C) groups is 1. The molecule has 2 aliphatic heterocycles. The number of phenols is 1. The third kappa shape index (κ3) is 4.27. The molecule has 7 heteroatoms. The van der Waals surface area contributed by atoms with E-state index < -0.39 is 0 Å². The second-order valence-corrected chi connectivity index (χ2v) is 8.63. The molecule has 0 spiro atoms. The summed E-state index contributed by atoms with van der Waals surface area (Å²) in [6, 6.07) is 24.3. The lowest BCUT2D eigenvalue weighted by Crippen LogP contribution is -2.23. The lowest BCUT2D eigenvalue weighted by molar-refractivity contribution is -0.113. The highest BCUT2D eigenvalue weighted by Crippen LogP contribution is 2.41. The summed E-state index contributed by atoms with van der Waals surface area (Å²) < 4.78 is 5.26. The average molecular weight is 456 g/mol. The van der Waals surface area contributed by atoms with E-state index in [0.717, 1.165) is 28.2 Å². The van der Waals surface area contributed by atoms with Crippen molar-refractivity contribution in [3.63, 3.8) is 0 Å². The smallest absolute Gasteiger partial charge is 0.286 e. The van der Waals surface area contributed by atoms with Crippen molar-refractivity contribution in [1.29, 1.82) is 0 Å². The Kier molecular flexibility index (Phi) is 5.71. The number of para-hydroxylation sites is 1. The molecule has 33 heavy (non-hydrogen) atoms. The number of rotatable bonds is 4. The maximum Gasteiger partial charge on any atom is 0.286 e. The second-order valence-electron chi connectivity index (χ2n) is 7.62. The van der Waals surface area contributed by atoms with Crippen LogP contribution in [0.2, 0.25) is 0 Å². The summed E-state index contributed by atoms with van der Waals surface area (Å²) >= 11 is 1.30. The Morgan fingerprint density at radius 1 is 1.03 bits per heavy atom. The number of carbonyl (C=O) groups excluding carboxylic acids is 1. The maximum atomic E-state index is 12.7. The van der Waals surface area contributed by atoms with Crippen LogP contribution in [0.3, 0.4) is 0 Å². The number of hydrogen-bond acceptors (Lipinski definition) is 6. The first-order valence-corrected chi connectivity index (χ1v) is 11.3. The zero-order valence-corrected chi connectivity index (χ0v) is 18.7. The van der Waals surface area contributed by atoms with Crippen molar-refractivity contribution in [3.05, 3.63) is 100 Å². The summed E-state index contributed by atoms with van der Waals surface area (Å²) in [6.45, 7) is 0. The quantitative estimate of drug-likeness (QED) is 0.546. The van der Waals surface area contributed by atoms with Crippen LogP contribution in [-0.2, 0) is 4.79 Å². The molecule has 0 fully saturated rings. The summed E-state index contributed by atoms with van der Waals surface area (Å²) in [7, 11) is 1.63. The van der Waals surface area contributed by atoms with Gasteiger partial charge in [-0.1, -0.05) is 48.5 Å². The van der Waals surface area contributed by atoms with E-state index >= 15 is 0 Å². The van der Waals surface area contributed by atoms with Gasteiger partial charge in [-0.3, -0.25) is 4.79 Å². The Hall–Kier alpha value is -3.84. The Labute approximate surface area is 195 Å². The van der Waals surface area contributed by atoms with Crippen LogP contribution < -0.4 is 4.74 Å². The zero-order chi connectivity index (χ0) is 22.8. The Morgan fingerprint density at radius 2 is 1.76 bits per heavy atom. The topological polar surface area (TPSA) is 74.5 Å². The van der Waals surface area contributed by atoms with Crippen molar-refractivity contribution in [1.82, 2.24) is 5.01 Å². The highest BCUT2D eigenvalue weighted by molar-refractivity contribution is 8.18. The molecule has 1 atom stereocenters. The molecule has 0 saturated carbocycles. The van der Waals surface area contributed by atoms with Crippen LogP contribution in [0, 0.1) is 0 Å². The van der Waals surface area contributed by atoms with Crippen LogP contribution in [0.4, 0.5) is 0 Å². The highest BCUT2D eigenvalue weighted by atomic mass is 32.2. The molecule has 1 amide bonds. The molecule has 2 aliphatic rings. The zero-order valence-electron chi connectivity index (χ0n) is 17.9. The van der Waals surface area contributed by atoms with E-state index in [1.54, 1.807) is 24.3 Å². The molecule has 3 aromatic rings. The number of aromatic hydroxyl groups is 1. The fraction of sp³-hybridized carbons (Fsp3) is 0.115. The van der Waals surface area contributed by atoms with Crippen LogP contribution >= 0.6 is 11.8 Å². The number of hydrazone groups is 1. The van der Waals surface area contributed by atoms with Gasteiger partial charge in [0.05, 0.1) is 23.8 Å². The Morgan fingerprint density at radius 3 is 2.48 bits per heavy atom. The molecule has 1 N–H and O–H groups in total. The van der Waals surface area contributed by atoms with Gasteiger partial charge in [-0.25, -0.2) is 5.01 Å². The SMILES string of the molecule is COc1ccc(C2=NN(C3=NC(=O)/C(=C/c4ccccc4)S3)C(c3ccccc3O)C2)cc1. The summed E-state index contributed by atoms with van der Waals surface area (Å²) in [5.41, 5.74) is 3.47. The van der Waals surface area contributed by atoms with Gasteiger partial charge >= 0.3 is 0 Å². The molecular formula is C26H21N3O3S. The summed E-state index contributed by atoms with van der Waals surface area (Å²) in [5, 5.41) is 17.6. The van der Waals surface area contributed by atoms with Crippen LogP contribution in [0.1, 0.15) is 29.2 Å². The fourth-order valence-corrected chi connectivity index (χ4v) is 4.77. The molecule has 0 saturated heterocycles. The molecule has 1 unspecified atom stereocenters. The van der Waals surface area contributed by atoms with Gasteiger partial charge in [-0.05, 0) is 59.3 Å². The number of ether oxygens (including phenoxy) is 1. The molecule has 0 aromatic heterocycles. The lowest BCUT2D eigenvalue weighted by Gasteiger charge is -2.23. The van der Waals surface area contributed by atoms with Gasteiger partial charge in [0.15, 0.2) is 5.17 Å². The average Bonchev–Trinajstić information content (AvgIpc) is 3.44. The van der Waals surface area contributed by atoms with E-state index in [4.69, 9.17) is 9.84 Å². The number of methoxy groups -OCH3 is 1. The van der Waals surface area contributed by atoms with Gasteiger partial charge in [0.25, 0.3) is 5.91 Å². The minimum Gasteiger partial charge on any atom is -0.508 e. The first kappa shape index (κ1) is 21.0. The van der Waals surface area contributed by atoms with Crippen molar-refractivity contribution < 1.29 is 14.6 Å². The van der Waals surface area contributed by atoms with Crippen molar-refractivity contribution in [2.75, 3.05) is 7.11 Å². The van der Waals surface area contributed by atoms with E-state index in [1.807, 2.05) is 72.8 Å². The van der Waals surface area contributed by atoms with Gasteiger partial charge in [0.2, 0.25) is 0 Å². The number of hydrogen-bond donors (Lipinski definition) is 1. The largest absolute Gasteiger partial charge is 0.508 e. The third-order valence-corrected chi connectivity index (χ3v) is 6.51. The molecule has 0 bridgehead atoms. The van der Waals surface area contributed by atoms with E-state index in [2.05, 4.69) is 4.99 Å². The van der Waals surface area contributed by atoms with E-state index in [1.165, 1.54) is 11.8 Å². The molecule has 6 nitrogen and oxygen atoms in total. The van der Waals surface area contributed by atoms with Crippen molar-refractivity contribution in [3.8, 4) is 11.5 Å². The number of thioether (sulfide) groups is 1. The first-order chi connectivity index (χ1) is 16.1. The first-order valence-electron chi connectivity index (χ1n) is 10.5. The standard InChI is InChI=1S/C26H21N3O3S/c1-32-19-13-11-18(12-14-19)21-16-22(20-9-5-6-10-23(20)30)29(28-21)26-27-25(31)24(33-26)15-17-7-3-2-4-8-17/h2-15,22,30H,16H2,1H3/b24-15-. The molecule has 2 heterocycles. The number of benzene rings is 3. The van der Waals surface area contributed by atoms with Crippen LogP contribution in [-0.4, -0.2) is 34.0 Å². The summed E-state index contributed by atoms with van der Waals surface area (Å²) in [6.07, 6.45) is 2.40. The molecular weight excluding hydrogens is 434 g/mol. The Balaban J connectivity index is 1.49. The van der Waals surface area contributed by atoms with Crippen molar-refractivity contribution >= 4 is 34.6 Å². The summed E-state index contributed by atoms with van der Waals surface area (Å²) in [5.74, 6) is 0.667. The van der Waals surface area contributed by atoms with Gasteiger partial charge in [0.1, 0.15) is 11.5 Å². The van der Waals surface area contributed by atoms with E-state index in [-0.39, 0.29) is 17.7 Å². The van der Waals surface area contributed by atoms with Gasteiger partial charge in [-0.2, -0.15) is 10.1 Å². The van der Waals surface area contributed by atoms with Gasteiger partial charge in [0, 0.05) is 12.0 Å². The predicted molar refractivity (Wildman–Crippen MR) is 131 cm³/mol. The minimum absolute atomic E-state index is 0.189. The van der Waals surface area contributed by atoms with Gasteiger partial charge in [-0.15, -0.1) is 0 Å². The monoisotopic (exact) mass is 455 g/mol. The van der Waals surface area contributed by atoms with Gasteiger partial charge < -0.3 is 9.84 Å². The minimum atomic E-state index is -0.289. The lowest BCUT2D eigenvalue weighted by atomic mass is 9.98. The Bertz CT molecular complexity index is 1280. The van der Waals surface area contributed by atoms with Crippen LogP contribution in [0.5, 0.6) is 11.5 Å². The number of nitrogens with zero attached hydrogens (tertiary/aromatic N) is 3. The van der Waals surface area contributed by atoms with Crippen molar-refractivity contribution in [2.24, 2.45) is 10.1 Å². The molecule has 0 radical (unpaired) electrons. The van der Waals surface area contributed by atoms with Crippen LogP contribution in [0.15, 0.2) is 93.9 Å². The number of amidine groups is 1. The van der Waals surface area contributed by atoms with Crippen LogP contribution in [0.25, 0.3) is 6.08 Å². The summed E-state index contributed by atoms with van der Waals surface area (Å²) in [4.78, 5) is 17.5. The number of carbonyl (C=O) groups is 1. The fourth-order valence-electron chi connectivity index (χ4n) is 3.85. The predicted octanol–water partition coefficient (Wildman–Crippen LogP) is 5.22. The second kappa shape index (κ2) is 8.96. The maximum absolute atomic E-state index is 12.7. The third-order valence-electron chi connectivity index (χ3n) is 5.53. The number of amides is 1. The normalized spacial score (nSPS) is 19.1. The van der Waals surface area contributed by atoms with E-state index in [0.29, 0.717) is 16.5 Å². The van der Waals surface area contributed by atoms with Crippen molar-refractivity contribution in [2.45, 2.75) is 12.5 Å². The molecule has 164 valence electrons.